The van der Waals surface area contributed by atoms with E-state index in [1.54, 1.807) is 4.90 Å². The maximum atomic E-state index is 12.6. The molecule has 0 saturated carbocycles. The number of aromatic amines is 1. The molecule has 2 heterocycles. The van der Waals surface area contributed by atoms with E-state index in [1.165, 1.54) is 0 Å². The number of carbonyl (C=O) groups excluding carboxylic acids is 1. The maximum Gasteiger partial charge on any atom is 0.433 e. The van der Waals surface area contributed by atoms with Gasteiger partial charge in [-0.05, 0) is 13.8 Å². The molecule has 1 saturated heterocycles. The first-order valence-corrected chi connectivity index (χ1v) is 7.88. The summed E-state index contributed by atoms with van der Waals surface area (Å²) in [4.78, 5) is 30.5. The van der Waals surface area contributed by atoms with Gasteiger partial charge < -0.3 is 14.6 Å². The highest BCUT2D eigenvalue weighted by atomic mass is 32.2. The summed E-state index contributed by atoms with van der Waals surface area (Å²) in [6.07, 6.45) is -4.90. The second-order valence-corrected chi connectivity index (χ2v) is 6.24. The minimum Gasteiger partial charge on any atom is -0.372 e. The summed E-state index contributed by atoms with van der Waals surface area (Å²) in [7, 11) is 0. The van der Waals surface area contributed by atoms with E-state index < -0.39 is 17.4 Å². The minimum absolute atomic E-state index is 0.0980. The molecule has 0 radical (unpaired) electrons. The lowest BCUT2D eigenvalue weighted by atomic mass is 10.2. The molecule has 128 valence electrons. The first-order valence-electron chi connectivity index (χ1n) is 6.89. The quantitative estimate of drug-likeness (QED) is 0.660. The van der Waals surface area contributed by atoms with Crippen LogP contribution >= 0.6 is 11.8 Å². The number of H-pyrrole nitrogens is 1. The van der Waals surface area contributed by atoms with Gasteiger partial charge in [0.15, 0.2) is 10.9 Å². The fraction of sp³-hybridized carbons (Fsp3) is 0.615. The number of hydrogen-bond acceptors (Lipinski definition) is 5. The molecule has 23 heavy (non-hydrogen) atoms. The Labute approximate surface area is 134 Å². The molecule has 0 unspecified atom stereocenters. The number of carbonyl (C=O) groups is 1. The summed E-state index contributed by atoms with van der Waals surface area (Å²) in [5, 5.41) is -0.229. The lowest BCUT2D eigenvalue weighted by molar-refractivity contribution is -0.141. The molecule has 10 heteroatoms. The van der Waals surface area contributed by atoms with Crippen LogP contribution in [0, 0.1) is 0 Å². The van der Waals surface area contributed by atoms with Gasteiger partial charge in [-0.15, -0.1) is 0 Å². The Balaban J connectivity index is 2.02. The van der Waals surface area contributed by atoms with Crippen LogP contribution in [0.3, 0.4) is 0 Å². The van der Waals surface area contributed by atoms with Crippen LogP contribution in [0.2, 0.25) is 0 Å². The molecule has 0 spiro atoms. The van der Waals surface area contributed by atoms with E-state index >= 15 is 0 Å². The van der Waals surface area contributed by atoms with Gasteiger partial charge in [0.2, 0.25) is 5.91 Å². The summed E-state index contributed by atoms with van der Waals surface area (Å²) < 4.78 is 43.3. The summed E-state index contributed by atoms with van der Waals surface area (Å²) in [5.41, 5.74) is -2.18. The van der Waals surface area contributed by atoms with Crippen molar-refractivity contribution in [2.75, 3.05) is 18.8 Å². The van der Waals surface area contributed by atoms with Crippen LogP contribution in [-0.2, 0) is 15.7 Å². The van der Waals surface area contributed by atoms with Crippen molar-refractivity contribution in [3.8, 4) is 0 Å². The van der Waals surface area contributed by atoms with Crippen molar-refractivity contribution in [1.29, 1.82) is 0 Å². The van der Waals surface area contributed by atoms with E-state index in [0.29, 0.717) is 19.2 Å². The zero-order chi connectivity index (χ0) is 17.2. The second kappa shape index (κ2) is 6.91. The van der Waals surface area contributed by atoms with Crippen molar-refractivity contribution < 1.29 is 22.7 Å². The summed E-state index contributed by atoms with van der Waals surface area (Å²) in [5.74, 6) is -0.346. The van der Waals surface area contributed by atoms with Gasteiger partial charge >= 0.3 is 6.18 Å². The molecule has 1 amide bonds. The second-order valence-electron chi connectivity index (χ2n) is 5.28. The Morgan fingerprint density at radius 1 is 1.43 bits per heavy atom. The lowest BCUT2D eigenvalue weighted by Gasteiger charge is -2.35. The molecule has 6 nitrogen and oxygen atoms in total. The minimum atomic E-state index is -4.71. The van der Waals surface area contributed by atoms with Crippen LogP contribution in [0.1, 0.15) is 19.5 Å². The molecule has 0 aliphatic carbocycles. The van der Waals surface area contributed by atoms with E-state index in [0.717, 1.165) is 11.8 Å². The van der Waals surface area contributed by atoms with Crippen LogP contribution in [0.5, 0.6) is 0 Å². The third kappa shape index (κ3) is 4.96. The highest BCUT2D eigenvalue weighted by molar-refractivity contribution is 7.99. The van der Waals surface area contributed by atoms with Crippen molar-refractivity contribution in [2.24, 2.45) is 0 Å². The predicted octanol–water partition coefficient (Wildman–Crippen LogP) is 1.52. The number of morpholine rings is 1. The van der Waals surface area contributed by atoms with Crippen LogP contribution in [-0.4, -0.2) is 51.8 Å². The first kappa shape index (κ1) is 17.8. The number of nitrogens with zero attached hydrogens (tertiary/aromatic N) is 2. The first-order chi connectivity index (χ1) is 10.6. The Bertz CT molecular complexity index is 625. The number of halogens is 3. The average molecular weight is 351 g/mol. The molecular weight excluding hydrogens is 335 g/mol. The molecule has 1 N–H and O–H groups in total. The van der Waals surface area contributed by atoms with E-state index in [-0.39, 0.29) is 29.0 Å². The lowest BCUT2D eigenvalue weighted by Crippen LogP contribution is -2.48. The highest BCUT2D eigenvalue weighted by Crippen LogP contribution is 2.27. The Hall–Kier alpha value is -1.55. The van der Waals surface area contributed by atoms with Gasteiger partial charge in [0, 0.05) is 19.2 Å². The molecular formula is C13H16F3N3O3S. The van der Waals surface area contributed by atoms with Crippen LogP contribution < -0.4 is 5.56 Å². The fourth-order valence-corrected chi connectivity index (χ4v) is 3.03. The zero-order valence-electron chi connectivity index (χ0n) is 12.5. The molecule has 0 bridgehead atoms. The highest BCUT2D eigenvalue weighted by Gasteiger charge is 2.33. The van der Waals surface area contributed by atoms with Crippen molar-refractivity contribution in [3.05, 3.63) is 22.1 Å². The Morgan fingerprint density at radius 2 is 2.04 bits per heavy atom. The van der Waals surface area contributed by atoms with Crippen LogP contribution in [0.4, 0.5) is 13.2 Å². The van der Waals surface area contributed by atoms with Gasteiger partial charge in [0.05, 0.1) is 18.0 Å². The third-order valence-corrected chi connectivity index (χ3v) is 3.97. The average Bonchev–Trinajstić information content (AvgIpc) is 2.42. The molecule has 0 aromatic carbocycles. The van der Waals surface area contributed by atoms with Crippen LogP contribution in [0.15, 0.2) is 16.0 Å². The van der Waals surface area contributed by atoms with Gasteiger partial charge in [0.25, 0.3) is 5.56 Å². The van der Waals surface area contributed by atoms with E-state index in [2.05, 4.69) is 9.97 Å². The third-order valence-electron chi connectivity index (χ3n) is 3.12. The van der Waals surface area contributed by atoms with Crippen molar-refractivity contribution >= 4 is 17.7 Å². The van der Waals surface area contributed by atoms with E-state index in [1.807, 2.05) is 13.8 Å². The number of aromatic nitrogens is 2. The van der Waals surface area contributed by atoms with E-state index in [9.17, 15) is 22.8 Å². The van der Waals surface area contributed by atoms with Crippen molar-refractivity contribution in [2.45, 2.75) is 37.4 Å². The Morgan fingerprint density at radius 3 is 2.61 bits per heavy atom. The molecule has 1 aromatic heterocycles. The number of thioether (sulfide) groups is 1. The number of amides is 1. The molecule has 1 fully saturated rings. The number of ether oxygens (including phenoxy) is 1. The molecule has 1 aliphatic heterocycles. The monoisotopic (exact) mass is 351 g/mol. The predicted molar refractivity (Wildman–Crippen MR) is 77.2 cm³/mol. The number of rotatable bonds is 3. The summed E-state index contributed by atoms with van der Waals surface area (Å²) >= 11 is 0.770. The van der Waals surface area contributed by atoms with Crippen molar-refractivity contribution in [1.82, 2.24) is 14.9 Å². The summed E-state index contributed by atoms with van der Waals surface area (Å²) in [6, 6.07) is 0.386. The van der Waals surface area contributed by atoms with Gasteiger partial charge in [0.1, 0.15) is 0 Å². The van der Waals surface area contributed by atoms with Crippen molar-refractivity contribution in [3.63, 3.8) is 0 Å². The normalized spacial score (nSPS) is 22.2. The molecule has 1 aliphatic rings. The maximum absolute atomic E-state index is 12.6. The van der Waals surface area contributed by atoms with Gasteiger partial charge in [-0.25, -0.2) is 4.98 Å². The molecule has 1 aromatic rings. The summed E-state index contributed by atoms with van der Waals surface area (Å²) in [6.45, 7) is 4.54. The Kier molecular flexibility index (Phi) is 5.35. The standard InChI is InChI=1S/C13H16F3N3O3S/c1-7-4-19(5-8(2)22-7)11(21)6-23-12-17-9(13(14,15)16)3-10(20)18-12/h3,7-8H,4-6H2,1-2H3,(H,17,18,20)/t7-,8-/m0/s1. The van der Waals surface area contributed by atoms with E-state index in [4.69, 9.17) is 4.74 Å². The molecule has 2 atom stereocenters. The zero-order valence-corrected chi connectivity index (χ0v) is 13.3. The SMILES string of the molecule is C[C@H]1CN(C(=O)CSc2nc(C(F)(F)F)cc(=O)[nH]2)C[C@H](C)O1. The van der Waals surface area contributed by atoms with Crippen LogP contribution in [0.25, 0.3) is 0 Å². The number of nitrogens with one attached hydrogen (secondary N) is 1. The van der Waals surface area contributed by atoms with Gasteiger partial charge in [-0.1, -0.05) is 11.8 Å². The smallest absolute Gasteiger partial charge is 0.372 e. The largest absolute Gasteiger partial charge is 0.433 e. The number of hydrogen-bond donors (Lipinski definition) is 1. The topological polar surface area (TPSA) is 75.3 Å². The fourth-order valence-electron chi connectivity index (χ4n) is 2.25. The number of alkyl halides is 3. The molecule has 2 rings (SSSR count). The van der Waals surface area contributed by atoms with Gasteiger partial charge in [-0.3, -0.25) is 9.59 Å². The van der Waals surface area contributed by atoms with Gasteiger partial charge in [-0.2, -0.15) is 13.2 Å².